The average molecular weight is 249 g/mol. The summed E-state index contributed by atoms with van der Waals surface area (Å²) in [7, 11) is 1.61. The summed E-state index contributed by atoms with van der Waals surface area (Å²) < 4.78 is 5.01. The van der Waals surface area contributed by atoms with E-state index in [0.717, 1.165) is 11.3 Å². The molecule has 0 saturated carbocycles. The van der Waals surface area contributed by atoms with Gasteiger partial charge >= 0.3 is 0 Å². The van der Waals surface area contributed by atoms with E-state index in [0.29, 0.717) is 17.6 Å². The van der Waals surface area contributed by atoms with Gasteiger partial charge < -0.3 is 4.74 Å². The highest BCUT2D eigenvalue weighted by atomic mass is 35.5. The van der Waals surface area contributed by atoms with E-state index in [1.165, 1.54) is 5.56 Å². The van der Waals surface area contributed by atoms with E-state index in [4.69, 9.17) is 16.3 Å². The molecule has 0 aliphatic rings. The van der Waals surface area contributed by atoms with Gasteiger partial charge in [-0.2, -0.15) is 0 Å². The van der Waals surface area contributed by atoms with Crippen molar-refractivity contribution < 1.29 is 4.74 Å². The zero-order valence-corrected chi connectivity index (χ0v) is 10.5. The molecule has 3 nitrogen and oxygen atoms in total. The lowest BCUT2D eigenvalue weighted by Crippen LogP contribution is -1.98. The zero-order chi connectivity index (χ0) is 12.3. The molecule has 0 unspecified atom stereocenters. The van der Waals surface area contributed by atoms with E-state index >= 15 is 0 Å². The summed E-state index contributed by atoms with van der Waals surface area (Å²) in [5.74, 6) is 0.594. The normalized spacial score (nSPS) is 10.5. The number of rotatable bonds is 3. The molecule has 4 heteroatoms. The van der Waals surface area contributed by atoms with Crippen LogP contribution >= 0.6 is 11.6 Å². The van der Waals surface area contributed by atoms with Crippen LogP contribution in [-0.4, -0.2) is 17.1 Å². The Morgan fingerprint density at radius 3 is 2.76 bits per heavy atom. The van der Waals surface area contributed by atoms with Crippen molar-refractivity contribution in [3.63, 3.8) is 0 Å². The number of benzene rings is 1. The maximum absolute atomic E-state index is 5.97. The van der Waals surface area contributed by atoms with Crippen LogP contribution in [0.25, 0.3) is 11.3 Å². The Hall–Kier alpha value is -1.45. The Balaban J connectivity index is 2.44. The van der Waals surface area contributed by atoms with Crippen molar-refractivity contribution in [3.05, 3.63) is 46.9 Å². The molecule has 0 aliphatic heterocycles. The summed E-state index contributed by atoms with van der Waals surface area (Å²) in [5, 5.41) is 0.434. The highest BCUT2D eigenvalue weighted by Crippen LogP contribution is 2.21. The fourth-order valence-corrected chi connectivity index (χ4v) is 1.81. The Morgan fingerprint density at radius 1 is 1.24 bits per heavy atom. The second-order valence-corrected chi connectivity index (χ2v) is 4.18. The quantitative estimate of drug-likeness (QED) is 0.782. The molecule has 2 aromatic rings. The molecule has 0 bridgehead atoms. The summed E-state index contributed by atoms with van der Waals surface area (Å²) in [4.78, 5) is 8.51. The predicted octanol–water partition coefficient (Wildman–Crippen LogP) is 3.25. The SMILES string of the molecule is COCc1nc(Cl)cc(-c2cccc(C)c2)n1. The van der Waals surface area contributed by atoms with Crippen molar-refractivity contribution in [2.45, 2.75) is 13.5 Å². The van der Waals surface area contributed by atoms with Crippen LogP contribution < -0.4 is 0 Å². The van der Waals surface area contributed by atoms with Gasteiger partial charge in [0.25, 0.3) is 0 Å². The molecule has 0 atom stereocenters. The molecule has 0 radical (unpaired) electrons. The minimum absolute atomic E-state index is 0.360. The number of halogens is 1. The molecule has 88 valence electrons. The van der Waals surface area contributed by atoms with Gasteiger partial charge in [-0.1, -0.05) is 35.4 Å². The van der Waals surface area contributed by atoms with E-state index in [1.807, 2.05) is 25.1 Å². The Bertz CT molecular complexity index is 529. The van der Waals surface area contributed by atoms with Gasteiger partial charge in [0.15, 0.2) is 5.82 Å². The molecule has 2 rings (SSSR count). The van der Waals surface area contributed by atoms with Crippen molar-refractivity contribution in [2.24, 2.45) is 0 Å². The van der Waals surface area contributed by atoms with Crippen molar-refractivity contribution in [2.75, 3.05) is 7.11 Å². The average Bonchev–Trinajstić information content (AvgIpc) is 2.28. The van der Waals surface area contributed by atoms with Crippen LogP contribution in [0.3, 0.4) is 0 Å². The molecule has 0 saturated heterocycles. The third-order valence-corrected chi connectivity index (χ3v) is 2.52. The second kappa shape index (κ2) is 5.25. The van der Waals surface area contributed by atoms with Gasteiger partial charge in [-0.05, 0) is 13.0 Å². The molecule has 0 N–H and O–H groups in total. The van der Waals surface area contributed by atoms with Gasteiger partial charge in [-0.3, -0.25) is 0 Å². The lowest BCUT2D eigenvalue weighted by Gasteiger charge is -2.05. The third-order valence-electron chi connectivity index (χ3n) is 2.33. The Labute approximate surface area is 105 Å². The van der Waals surface area contributed by atoms with Crippen LogP contribution in [-0.2, 0) is 11.3 Å². The minimum Gasteiger partial charge on any atom is -0.377 e. The van der Waals surface area contributed by atoms with Gasteiger partial charge in [-0.15, -0.1) is 0 Å². The van der Waals surface area contributed by atoms with Crippen LogP contribution in [0.15, 0.2) is 30.3 Å². The molecule has 0 aliphatic carbocycles. The number of aryl methyl sites for hydroxylation is 1. The van der Waals surface area contributed by atoms with E-state index in [-0.39, 0.29) is 0 Å². The fourth-order valence-electron chi connectivity index (χ4n) is 1.61. The third kappa shape index (κ3) is 3.02. The van der Waals surface area contributed by atoms with E-state index in [1.54, 1.807) is 13.2 Å². The van der Waals surface area contributed by atoms with Crippen molar-refractivity contribution in [1.29, 1.82) is 0 Å². The van der Waals surface area contributed by atoms with Crippen LogP contribution in [0.5, 0.6) is 0 Å². The molecule has 1 heterocycles. The number of hydrogen-bond acceptors (Lipinski definition) is 3. The second-order valence-electron chi connectivity index (χ2n) is 3.79. The zero-order valence-electron chi connectivity index (χ0n) is 9.77. The summed E-state index contributed by atoms with van der Waals surface area (Å²) in [5.41, 5.74) is 3.04. The fraction of sp³-hybridized carbons (Fsp3) is 0.231. The van der Waals surface area contributed by atoms with Crippen molar-refractivity contribution in [1.82, 2.24) is 9.97 Å². The highest BCUT2D eigenvalue weighted by Gasteiger charge is 2.05. The topological polar surface area (TPSA) is 35.0 Å². The molecule has 0 spiro atoms. The minimum atomic E-state index is 0.360. The Morgan fingerprint density at radius 2 is 2.06 bits per heavy atom. The molecule has 0 amide bonds. The van der Waals surface area contributed by atoms with Crippen LogP contribution in [0.1, 0.15) is 11.4 Å². The molecule has 0 fully saturated rings. The van der Waals surface area contributed by atoms with E-state index in [9.17, 15) is 0 Å². The predicted molar refractivity (Wildman–Crippen MR) is 67.9 cm³/mol. The number of aromatic nitrogens is 2. The molecule has 1 aromatic carbocycles. The maximum Gasteiger partial charge on any atom is 0.156 e. The summed E-state index contributed by atoms with van der Waals surface area (Å²) in [6, 6.07) is 9.87. The molecule has 17 heavy (non-hydrogen) atoms. The maximum atomic E-state index is 5.97. The molecular formula is C13H13ClN2O. The monoisotopic (exact) mass is 248 g/mol. The summed E-state index contributed by atoms with van der Waals surface area (Å²) in [6.07, 6.45) is 0. The van der Waals surface area contributed by atoms with Crippen molar-refractivity contribution >= 4 is 11.6 Å². The first kappa shape index (κ1) is 12.0. The molecular weight excluding hydrogens is 236 g/mol. The smallest absolute Gasteiger partial charge is 0.156 e. The Kier molecular flexibility index (Phi) is 3.71. The first-order chi connectivity index (χ1) is 8.19. The number of hydrogen-bond donors (Lipinski definition) is 0. The van der Waals surface area contributed by atoms with Gasteiger partial charge in [-0.25, -0.2) is 9.97 Å². The van der Waals surface area contributed by atoms with Gasteiger partial charge in [0.05, 0.1) is 5.69 Å². The lowest BCUT2D eigenvalue weighted by molar-refractivity contribution is 0.178. The van der Waals surface area contributed by atoms with E-state index < -0.39 is 0 Å². The van der Waals surface area contributed by atoms with Gasteiger partial charge in [0.2, 0.25) is 0 Å². The van der Waals surface area contributed by atoms with Crippen molar-refractivity contribution in [3.8, 4) is 11.3 Å². The number of methoxy groups -OCH3 is 1. The van der Waals surface area contributed by atoms with Gasteiger partial charge in [0, 0.05) is 18.7 Å². The number of ether oxygens (including phenoxy) is 1. The molecule has 1 aromatic heterocycles. The largest absolute Gasteiger partial charge is 0.377 e. The first-order valence-electron chi connectivity index (χ1n) is 5.28. The highest BCUT2D eigenvalue weighted by molar-refractivity contribution is 6.29. The standard InChI is InChI=1S/C13H13ClN2O/c1-9-4-3-5-10(6-9)11-7-12(14)16-13(15-11)8-17-2/h3-7H,8H2,1-2H3. The summed E-state index contributed by atoms with van der Waals surface area (Å²) in [6.45, 7) is 2.40. The number of nitrogens with zero attached hydrogens (tertiary/aromatic N) is 2. The summed E-state index contributed by atoms with van der Waals surface area (Å²) >= 11 is 5.97. The van der Waals surface area contributed by atoms with Gasteiger partial charge in [0.1, 0.15) is 11.8 Å². The van der Waals surface area contributed by atoms with Crippen LogP contribution in [0.2, 0.25) is 5.15 Å². The van der Waals surface area contributed by atoms with Crippen LogP contribution in [0, 0.1) is 6.92 Å². The lowest BCUT2D eigenvalue weighted by atomic mass is 10.1. The van der Waals surface area contributed by atoms with Crippen LogP contribution in [0.4, 0.5) is 0 Å². The van der Waals surface area contributed by atoms with E-state index in [2.05, 4.69) is 16.0 Å². The first-order valence-corrected chi connectivity index (χ1v) is 5.66.